The molecule has 1 aromatic rings. The molecule has 1 heteroatoms. The van der Waals surface area contributed by atoms with Crippen LogP contribution in [-0.2, 0) is 0 Å². The summed E-state index contributed by atoms with van der Waals surface area (Å²) < 4.78 is 0. The van der Waals surface area contributed by atoms with Crippen LogP contribution in [0.1, 0.15) is 25.8 Å². The third kappa shape index (κ3) is 3.03. The average Bonchev–Trinajstić information content (AvgIpc) is 2.15. The highest BCUT2D eigenvalue weighted by atomic mass is 16.3. The Morgan fingerprint density at radius 3 is 2.46 bits per heavy atom. The van der Waals surface area contributed by atoms with Crippen molar-refractivity contribution in [1.29, 1.82) is 0 Å². The van der Waals surface area contributed by atoms with Crippen molar-refractivity contribution in [2.24, 2.45) is 0 Å². The molecular weight excluding hydrogens is 160 g/mol. The van der Waals surface area contributed by atoms with Gasteiger partial charge in [-0.15, -0.1) is 0 Å². The maximum Gasteiger partial charge on any atom is 0.0698 e. The third-order valence-electron chi connectivity index (χ3n) is 1.97. The predicted molar refractivity (Wildman–Crippen MR) is 56.4 cm³/mol. The Hall–Kier alpha value is -1.08. The SMILES string of the molecule is CC/C(=C\[C@@H](C)O)c1ccccc1. The van der Waals surface area contributed by atoms with Gasteiger partial charge in [0.25, 0.3) is 0 Å². The third-order valence-corrected chi connectivity index (χ3v) is 1.97. The van der Waals surface area contributed by atoms with Gasteiger partial charge in [-0.2, -0.15) is 0 Å². The lowest BCUT2D eigenvalue weighted by molar-refractivity contribution is 0.244. The van der Waals surface area contributed by atoms with Crippen LogP contribution in [0.25, 0.3) is 5.57 Å². The second-order valence-electron chi connectivity index (χ2n) is 3.15. The molecule has 0 aliphatic rings. The Labute approximate surface area is 79.7 Å². The summed E-state index contributed by atoms with van der Waals surface area (Å²) in [4.78, 5) is 0. The quantitative estimate of drug-likeness (QED) is 0.750. The normalized spacial score (nSPS) is 14.2. The van der Waals surface area contributed by atoms with E-state index in [0.717, 1.165) is 6.42 Å². The van der Waals surface area contributed by atoms with Crippen LogP contribution in [0.2, 0.25) is 0 Å². The van der Waals surface area contributed by atoms with E-state index in [9.17, 15) is 5.11 Å². The highest BCUT2D eigenvalue weighted by Gasteiger charge is 1.99. The van der Waals surface area contributed by atoms with E-state index in [1.54, 1.807) is 6.92 Å². The van der Waals surface area contributed by atoms with Gasteiger partial charge in [-0.1, -0.05) is 43.3 Å². The minimum Gasteiger partial charge on any atom is -0.389 e. The highest BCUT2D eigenvalue weighted by molar-refractivity contribution is 5.65. The van der Waals surface area contributed by atoms with Gasteiger partial charge in [-0.3, -0.25) is 0 Å². The number of benzene rings is 1. The van der Waals surface area contributed by atoms with E-state index in [-0.39, 0.29) is 6.10 Å². The first-order valence-corrected chi connectivity index (χ1v) is 4.68. The maximum atomic E-state index is 9.24. The minimum absolute atomic E-state index is 0.366. The number of hydrogen-bond acceptors (Lipinski definition) is 1. The molecule has 0 saturated carbocycles. The second-order valence-corrected chi connectivity index (χ2v) is 3.15. The number of rotatable bonds is 3. The van der Waals surface area contributed by atoms with Crippen LogP contribution in [0.15, 0.2) is 36.4 Å². The molecular formula is C12H16O. The highest BCUT2D eigenvalue weighted by Crippen LogP contribution is 2.17. The molecule has 1 rings (SSSR count). The van der Waals surface area contributed by atoms with Gasteiger partial charge in [0.2, 0.25) is 0 Å². The van der Waals surface area contributed by atoms with Crippen LogP contribution >= 0.6 is 0 Å². The van der Waals surface area contributed by atoms with Crippen molar-refractivity contribution in [3.63, 3.8) is 0 Å². The summed E-state index contributed by atoms with van der Waals surface area (Å²) in [6.45, 7) is 3.87. The summed E-state index contributed by atoms with van der Waals surface area (Å²) in [5.74, 6) is 0. The Morgan fingerprint density at radius 1 is 1.38 bits per heavy atom. The molecule has 0 fully saturated rings. The Balaban J connectivity index is 2.91. The topological polar surface area (TPSA) is 20.2 Å². The molecule has 1 nitrogen and oxygen atoms in total. The van der Waals surface area contributed by atoms with Gasteiger partial charge in [0, 0.05) is 0 Å². The summed E-state index contributed by atoms with van der Waals surface area (Å²) in [5, 5.41) is 9.24. The van der Waals surface area contributed by atoms with Gasteiger partial charge in [-0.05, 0) is 24.5 Å². The lowest BCUT2D eigenvalue weighted by Gasteiger charge is -2.05. The lowest BCUT2D eigenvalue weighted by atomic mass is 10.0. The molecule has 0 bridgehead atoms. The molecule has 0 radical (unpaired) electrons. The van der Waals surface area contributed by atoms with E-state index in [4.69, 9.17) is 0 Å². The van der Waals surface area contributed by atoms with E-state index in [2.05, 4.69) is 19.1 Å². The zero-order valence-corrected chi connectivity index (χ0v) is 8.20. The Bertz CT molecular complexity index is 272. The first-order chi connectivity index (χ1) is 6.24. The van der Waals surface area contributed by atoms with Crippen molar-refractivity contribution >= 4 is 5.57 Å². The first kappa shape index (κ1) is 10.0. The van der Waals surface area contributed by atoms with E-state index in [1.807, 2.05) is 24.3 Å². The Kier molecular flexibility index (Phi) is 3.71. The van der Waals surface area contributed by atoms with Gasteiger partial charge >= 0.3 is 0 Å². The number of allylic oxidation sites excluding steroid dienone is 1. The Morgan fingerprint density at radius 2 is 2.00 bits per heavy atom. The van der Waals surface area contributed by atoms with Gasteiger partial charge in [0.05, 0.1) is 6.10 Å². The van der Waals surface area contributed by atoms with Gasteiger partial charge in [-0.25, -0.2) is 0 Å². The molecule has 13 heavy (non-hydrogen) atoms. The fourth-order valence-electron chi connectivity index (χ4n) is 1.36. The van der Waals surface area contributed by atoms with E-state index < -0.39 is 0 Å². The van der Waals surface area contributed by atoms with Crippen molar-refractivity contribution in [2.75, 3.05) is 0 Å². The first-order valence-electron chi connectivity index (χ1n) is 4.68. The van der Waals surface area contributed by atoms with Crippen molar-refractivity contribution in [1.82, 2.24) is 0 Å². The molecule has 70 valence electrons. The molecule has 0 unspecified atom stereocenters. The molecule has 1 atom stereocenters. The van der Waals surface area contributed by atoms with Crippen LogP contribution in [0.4, 0.5) is 0 Å². The summed E-state index contributed by atoms with van der Waals surface area (Å²) in [5.41, 5.74) is 2.40. The number of hydrogen-bond donors (Lipinski definition) is 1. The summed E-state index contributed by atoms with van der Waals surface area (Å²) in [6, 6.07) is 10.2. The van der Waals surface area contributed by atoms with Crippen molar-refractivity contribution in [3.8, 4) is 0 Å². The predicted octanol–water partition coefficient (Wildman–Crippen LogP) is 2.86. The molecule has 0 aromatic heterocycles. The molecule has 0 aliphatic carbocycles. The molecule has 1 N–H and O–H groups in total. The number of aliphatic hydroxyl groups is 1. The molecule has 1 aromatic carbocycles. The van der Waals surface area contributed by atoms with Gasteiger partial charge in [0.15, 0.2) is 0 Å². The van der Waals surface area contributed by atoms with Crippen LogP contribution < -0.4 is 0 Å². The molecule has 0 aliphatic heterocycles. The van der Waals surface area contributed by atoms with Crippen molar-refractivity contribution in [2.45, 2.75) is 26.4 Å². The molecule has 0 amide bonds. The zero-order chi connectivity index (χ0) is 9.68. The fourth-order valence-corrected chi connectivity index (χ4v) is 1.36. The summed E-state index contributed by atoms with van der Waals surface area (Å²) >= 11 is 0. The van der Waals surface area contributed by atoms with E-state index >= 15 is 0 Å². The average molecular weight is 176 g/mol. The van der Waals surface area contributed by atoms with E-state index in [1.165, 1.54) is 11.1 Å². The summed E-state index contributed by atoms with van der Waals surface area (Å²) in [6.07, 6.45) is 2.49. The molecule has 0 heterocycles. The van der Waals surface area contributed by atoms with Crippen LogP contribution in [0.3, 0.4) is 0 Å². The lowest BCUT2D eigenvalue weighted by Crippen LogP contribution is -1.95. The standard InChI is InChI=1S/C12H16O/c1-3-11(9-10(2)13)12-7-5-4-6-8-12/h4-10,13H,3H2,1-2H3/b11-9+/t10-/m1/s1. The number of aliphatic hydroxyl groups excluding tert-OH is 1. The fraction of sp³-hybridized carbons (Fsp3) is 0.333. The van der Waals surface area contributed by atoms with Crippen molar-refractivity contribution < 1.29 is 5.11 Å². The van der Waals surface area contributed by atoms with Crippen LogP contribution in [0.5, 0.6) is 0 Å². The smallest absolute Gasteiger partial charge is 0.0698 e. The molecule has 0 saturated heterocycles. The zero-order valence-electron chi connectivity index (χ0n) is 8.20. The largest absolute Gasteiger partial charge is 0.389 e. The minimum atomic E-state index is -0.366. The van der Waals surface area contributed by atoms with Gasteiger partial charge in [0.1, 0.15) is 0 Å². The van der Waals surface area contributed by atoms with Gasteiger partial charge < -0.3 is 5.11 Å². The van der Waals surface area contributed by atoms with Crippen LogP contribution in [-0.4, -0.2) is 11.2 Å². The second kappa shape index (κ2) is 4.83. The van der Waals surface area contributed by atoms with E-state index in [0.29, 0.717) is 0 Å². The summed E-state index contributed by atoms with van der Waals surface area (Å²) in [7, 11) is 0. The molecule has 0 spiro atoms. The maximum absolute atomic E-state index is 9.24. The van der Waals surface area contributed by atoms with Crippen LogP contribution in [0, 0.1) is 0 Å². The van der Waals surface area contributed by atoms with Crippen molar-refractivity contribution in [3.05, 3.63) is 42.0 Å². The monoisotopic (exact) mass is 176 g/mol.